The van der Waals surface area contributed by atoms with Gasteiger partial charge in [0.1, 0.15) is 18.3 Å². The monoisotopic (exact) mass is 254 g/mol. The highest BCUT2D eigenvalue weighted by atomic mass is 32.2. The molecule has 0 radical (unpaired) electrons. The van der Waals surface area contributed by atoms with E-state index in [1.807, 2.05) is 30.3 Å². The van der Waals surface area contributed by atoms with Crippen LogP contribution in [0.15, 0.2) is 35.2 Å². The van der Waals surface area contributed by atoms with E-state index in [0.29, 0.717) is 12.4 Å². The fourth-order valence-electron chi connectivity index (χ4n) is 2.20. The number of hydrogen-bond donors (Lipinski definition) is 2. The molecule has 2 aliphatic heterocycles. The Bertz CT molecular complexity index is 399. The highest BCUT2D eigenvalue weighted by Gasteiger charge is 2.60. The number of aliphatic hydroxyl groups is 2. The highest BCUT2D eigenvalue weighted by molar-refractivity contribution is 7.99. The van der Waals surface area contributed by atoms with Gasteiger partial charge in [0, 0.05) is 4.90 Å². The summed E-state index contributed by atoms with van der Waals surface area (Å²) in [6, 6.07) is 9.85. The lowest BCUT2D eigenvalue weighted by atomic mass is 10.0. The van der Waals surface area contributed by atoms with Gasteiger partial charge in [0.05, 0.1) is 12.4 Å². The van der Waals surface area contributed by atoms with Gasteiger partial charge in [-0.05, 0) is 12.1 Å². The first-order valence-corrected chi connectivity index (χ1v) is 6.56. The number of ether oxygens (including phenoxy) is 2. The van der Waals surface area contributed by atoms with Crippen molar-refractivity contribution in [3.05, 3.63) is 30.3 Å². The standard InChI is InChI=1S/C12H14O4S/c13-10-9-6-15-12(16-9,11(10)14)7-17-8-4-2-1-3-5-8/h1-5,9-11,13-14H,6-7H2/t9-,10-,11+,12-/m1/s1. The van der Waals surface area contributed by atoms with E-state index in [9.17, 15) is 10.2 Å². The van der Waals surface area contributed by atoms with E-state index >= 15 is 0 Å². The molecular formula is C12H14O4S. The van der Waals surface area contributed by atoms with Gasteiger partial charge < -0.3 is 19.7 Å². The Balaban J connectivity index is 1.69. The van der Waals surface area contributed by atoms with Crippen LogP contribution in [0.3, 0.4) is 0 Å². The summed E-state index contributed by atoms with van der Waals surface area (Å²) in [5.41, 5.74) is 0. The molecule has 2 saturated heterocycles. The van der Waals surface area contributed by atoms with Gasteiger partial charge in [-0.3, -0.25) is 0 Å². The summed E-state index contributed by atoms with van der Waals surface area (Å²) >= 11 is 1.55. The summed E-state index contributed by atoms with van der Waals surface area (Å²) < 4.78 is 11.1. The van der Waals surface area contributed by atoms with Crippen molar-refractivity contribution in [3.8, 4) is 0 Å². The van der Waals surface area contributed by atoms with E-state index in [-0.39, 0.29) is 6.10 Å². The van der Waals surface area contributed by atoms with Crippen LogP contribution in [0, 0.1) is 0 Å². The molecule has 17 heavy (non-hydrogen) atoms. The van der Waals surface area contributed by atoms with Crippen LogP contribution in [0.4, 0.5) is 0 Å². The molecule has 2 N–H and O–H groups in total. The molecule has 4 nitrogen and oxygen atoms in total. The topological polar surface area (TPSA) is 58.9 Å². The van der Waals surface area contributed by atoms with Gasteiger partial charge in [-0.2, -0.15) is 0 Å². The minimum absolute atomic E-state index is 0.355. The number of benzene rings is 1. The van der Waals surface area contributed by atoms with E-state index in [0.717, 1.165) is 4.90 Å². The van der Waals surface area contributed by atoms with Crippen LogP contribution in [0.25, 0.3) is 0 Å². The number of aliphatic hydroxyl groups excluding tert-OH is 2. The number of fused-ring (bicyclic) bond motifs is 2. The Morgan fingerprint density at radius 1 is 1.29 bits per heavy atom. The van der Waals surface area contributed by atoms with Crippen LogP contribution in [0.5, 0.6) is 0 Å². The zero-order chi connectivity index (χ0) is 11.9. The van der Waals surface area contributed by atoms with Crippen molar-refractivity contribution in [2.45, 2.75) is 29.0 Å². The number of rotatable bonds is 3. The Labute approximate surface area is 104 Å². The first-order chi connectivity index (χ1) is 8.21. The van der Waals surface area contributed by atoms with Crippen LogP contribution in [-0.4, -0.2) is 46.7 Å². The van der Waals surface area contributed by atoms with Crippen LogP contribution in [0.2, 0.25) is 0 Å². The summed E-state index contributed by atoms with van der Waals surface area (Å²) in [6.07, 6.45) is -2.18. The SMILES string of the molecule is O[C@@H]1[C@H]2CO[C@](CSc3ccccc3)(O2)[C@H]1O. The highest BCUT2D eigenvalue weighted by Crippen LogP contribution is 2.42. The van der Waals surface area contributed by atoms with Crippen molar-refractivity contribution < 1.29 is 19.7 Å². The minimum atomic E-state index is -1.04. The molecule has 1 aromatic carbocycles. The number of thioether (sulfide) groups is 1. The molecule has 0 amide bonds. The summed E-state index contributed by atoms with van der Waals surface area (Å²) in [4.78, 5) is 1.09. The maximum absolute atomic E-state index is 9.90. The zero-order valence-corrected chi connectivity index (χ0v) is 9.97. The Kier molecular flexibility index (Phi) is 2.88. The van der Waals surface area contributed by atoms with E-state index < -0.39 is 18.0 Å². The molecule has 92 valence electrons. The Morgan fingerprint density at radius 2 is 2.06 bits per heavy atom. The maximum atomic E-state index is 9.90. The molecular weight excluding hydrogens is 240 g/mol. The predicted octanol–water partition coefficient (Wildman–Crippen LogP) is 0.626. The maximum Gasteiger partial charge on any atom is 0.207 e. The second kappa shape index (κ2) is 4.26. The summed E-state index contributed by atoms with van der Waals surface area (Å²) in [5, 5.41) is 19.6. The van der Waals surface area contributed by atoms with Gasteiger partial charge in [0.25, 0.3) is 0 Å². The van der Waals surface area contributed by atoms with E-state index in [1.54, 1.807) is 11.8 Å². The van der Waals surface area contributed by atoms with Crippen molar-refractivity contribution in [2.24, 2.45) is 0 Å². The van der Waals surface area contributed by atoms with Crippen LogP contribution < -0.4 is 0 Å². The largest absolute Gasteiger partial charge is 0.387 e. The molecule has 5 heteroatoms. The van der Waals surface area contributed by atoms with Gasteiger partial charge in [-0.25, -0.2) is 0 Å². The van der Waals surface area contributed by atoms with Gasteiger partial charge in [0.2, 0.25) is 5.79 Å². The molecule has 0 saturated carbocycles. The fraction of sp³-hybridized carbons (Fsp3) is 0.500. The molecule has 2 heterocycles. The first kappa shape index (κ1) is 11.5. The van der Waals surface area contributed by atoms with Crippen molar-refractivity contribution in [1.82, 2.24) is 0 Å². The molecule has 2 bridgehead atoms. The van der Waals surface area contributed by atoms with Gasteiger partial charge in [0.15, 0.2) is 0 Å². The smallest absolute Gasteiger partial charge is 0.207 e. The van der Waals surface area contributed by atoms with Crippen LogP contribution in [0.1, 0.15) is 0 Å². The molecule has 4 atom stereocenters. The van der Waals surface area contributed by atoms with E-state index in [1.165, 1.54) is 0 Å². The average molecular weight is 254 g/mol. The lowest BCUT2D eigenvalue weighted by Gasteiger charge is -2.30. The number of hydrogen-bond acceptors (Lipinski definition) is 5. The Hall–Kier alpha value is -0.590. The second-order valence-corrected chi connectivity index (χ2v) is 5.37. The third kappa shape index (κ3) is 1.88. The summed E-state index contributed by atoms with van der Waals surface area (Å²) in [5.74, 6) is -0.559. The molecule has 0 spiro atoms. The molecule has 0 aliphatic carbocycles. The fourth-order valence-corrected chi connectivity index (χ4v) is 3.24. The summed E-state index contributed by atoms with van der Waals surface area (Å²) in [7, 11) is 0. The van der Waals surface area contributed by atoms with E-state index in [4.69, 9.17) is 9.47 Å². The molecule has 1 aromatic rings. The Morgan fingerprint density at radius 3 is 2.71 bits per heavy atom. The van der Waals surface area contributed by atoms with Gasteiger partial charge in [-0.15, -0.1) is 11.8 Å². The lowest BCUT2D eigenvalue weighted by Crippen LogP contribution is -2.50. The van der Waals surface area contributed by atoms with Crippen molar-refractivity contribution in [1.29, 1.82) is 0 Å². The normalized spacial score (nSPS) is 39.8. The quantitative estimate of drug-likeness (QED) is 0.775. The predicted molar refractivity (Wildman–Crippen MR) is 62.7 cm³/mol. The lowest BCUT2D eigenvalue weighted by molar-refractivity contribution is -0.188. The third-order valence-electron chi connectivity index (χ3n) is 3.18. The van der Waals surface area contributed by atoms with Gasteiger partial charge in [-0.1, -0.05) is 18.2 Å². The zero-order valence-electron chi connectivity index (χ0n) is 9.15. The molecule has 0 unspecified atom stereocenters. The third-order valence-corrected chi connectivity index (χ3v) is 4.33. The molecule has 0 aromatic heterocycles. The first-order valence-electron chi connectivity index (χ1n) is 5.57. The second-order valence-electron chi connectivity index (χ2n) is 4.32. The molecule has 3 rings (SSSR count). The van der Waals surface area contributed by atoms with E-state index in [2.05, 4.69) is 0 Å². The summed E-state index contributed by atoms with van der Waals surface area (Å²) in [6.45, 7) is 0.355. The van der Waals surface area contributed by atoms with Crippen LogP contribution in [-0.2, 0) is 9.47 Å². The van der Waals surface area contributed by atoms with Gasteiger partial charge >= 0.3 is 0 Å². The van der Waals surface area contributed by atoms with Crippen molar-refractivity contribution in [3.63, 3.8) is 0 Å². The average Bonchev–Trinajstić information content (AvgIpc) is 2.89. The van der Waals surface area contributed by atoms with Crippen molar-refractivity contribution >= 4 is 11.8 Å². The molecule has 2 aliphatic rings. The minimum Gasteiger partial charge on any atom is -0.387 e. The molecule has 2 fully saturated rings. The van der Waals surface area contributed by atoms with Crippen molar-refractivity contribution in [2.75, 3.05) is 12.4 Å². The van der Waals surface area contributed by atoms with Crippen LogP contribution >= 0.6 is 11.8 Å².